The molecule has 1 aliphatic heterocycles. The predicted octanol–water partition coefficient (Wildman–Crippen LogP) is 2.97. The first-order valence-electron chi connectivity index (χ1n) is 9.92. The third-order valence-electron chi connectivity index (χ3n) is 5.05. The third-order valence-corrected chi connectivity index (χ3v) is 5.05. The van der Waals surface area contributed by atoms with Crippen LogP contribution in [-0.4, -0.2) is 54.0 Å². The third kappa shape index (κ3) is 5.79. The van der Waals surface area contributed by atoms with Crippen molar-refractivity contribution in [3.63, 3.8) is 0 Å². The average Bonchev–Trinajstić information content (AvgIpc) is 3.14. The Hall–Kier alpha value is -1.89. The highest BCUT2D eigenvalue weighted by atomic mass is 16.5. The zero-order valence-corrected chi connectivity index (χ0v) is 17.2. The summed E-state index contributed by atoms with van der Waals surface area (Å²) in [7, 11) is 1.75. The highest BCUT2D eigenvalue weighted by Gasteiger charge is 2.27. The number of oxazole rings is 1. The van der Waals surface area contributed by atoms with Crippen molar-refractivity contribution in [2.45, 2.75) is 71.4 Å². The molecule has 2 unspecified atom stereocenters. The molecule has 0 aliphatic carbocycles. The van der Waals surface area contributed by atoms with Gasteiger partial charge in [-0.05, 0) is 31.6 Å². The van der Waals surface area contributed by atoms with Crippen LogP contribution in [0.1, 0.15) is 75.5 Å². The molecular weight excluding hydrogens is 346 g/mol. The lowest BCUT2D eigenvalue weighted by Gasteiger charge is -2.28. The molecule has 2 atom stereocenters. The lowest BCUT2D eigenvalue weighted by atomic mass is 9.99. The van der Waals surface area contributed by atoms with Crippen LogP contribution in [0.3, 0.4) is 0 Å². The molecule has 152 valence electrons. The standard InChI is InChI=1S/C20H33N3O4/c1-13(2)15(22-19(24)16-8-6-7-11-26-16)9-10-23(5)20(25)17-18(14(3)4)27-12-21-17/h12-16H,6-11H2,1-5H3,(H,22,24). The number of hydrogen-bond donors (Lipinski definition) is 1. The Bertz CT molecular complexity index is 620. The molecule has 27 heavy (non-hydrogen) atoms. The van der Waals surface area contributed by atoms with Gasteiger partial charge in [-0.15, -0.1) is 0 Å². The van der Waals surface area contributed by atoms with Gasteiger partial charge in [0.2, 0.25) is 5.91 Å². The summed E-state index contributed by atoms with van der Waals surface area (Å²) < 4.78 is 10.9. The molecule has 0 radical (unpaired) electrons. The summed E-state index contributed by atoms with van der Waals surface area (Å²) in [6.07, 6.45) is 4.47. The van der Waals surface area contributed by atoms with E-state index in [1.165, 1.54) is 6.39 Å². The van der Waals surface area contributed by atoms with E-state index in [0.29, 0.717) is 31.0 Å². The first-order chi connectivity index (χ1) is 12.8. The van der Waals surface area contributed by atoms with Gasteiger partial charge in [-0.2, -0.15) is 0 Å². The Balaban J connectivity index is 1.91. The van der Waals surface area contributed by atoms with Gasteiger partial charge in [0.1, 0.15) is 11.9 Å². The summed E-state index contributed by atoms with van der Waals surface area (Å²) in [6.45, 7) is 9.26. The topological polar surface area (TPSA) is 84.7 Å². The molecule has 7 heteroatoms. The number of nitrogens with one attached hydrogen (secondary N) is 1. The molecule has 0 saturated carbocycles. The zero-order valence-electron chi connectivity index (χ0n) is 17.2. The molecule has 0 spiro atoms. The van der Waals surface area contributed by atoms with Gasteiger partial charge < -0.3 is 19.4 Å². The largest absolute Gasteiger partial charge is 0.447 e. The summed E-state index contributed by atoms with van der Waals surface area (Å²) in [6, 6.07) is -0.0137. The molecule has 1 N–H and O–H groups in total. The number of rotatable bonds is 8. The van der Waals surface area contributed by atoms with E-state index in [1.54, 1.807) is 11.9 Å². The fourth-order valence-corrected chi connectivity index (χ4v) is 3.24. The lowest BCUT2D eigenvalue weighted by molar-refractivity contribution is -0.136. The van der Waals surface area contributed by atoms with Crippen LogP contribution in [0.15, 0.2) is 10.8 Å². The van der Waals surface area contributed by atoms with Crippen molar-refractivity contribution in [2.75, 3.05) is 20.2 Å². The van der Waals surface area contributed by atoms with Crippen molar-refractivity contribution in [3.8, 4) is 0 Å². The minimum absolute atomic E-state index is 0.0137. The Morgan fingerprint density at radius 1 is 1.30 bits per heavy atom. The van der Waals surface area contributed by atoms with Crippen LogP contribution in [0, 0.1) is 5.92 Å². The van der Waals surface area contributed by atoms with Crippen molar-refractivity contribution in [1.82, 2.24) is 15.2 Å². The van der Waals surface area contributed by atoms with Gasteiger partial charge in [-0.3, -0.25) is 9.59 Å². The minimum atomic E-state index is -0.344. The molecule has 1 fully saturated rings. The molecule has 0 bridgehead atoms. The summed E-state index contributed by atoms with van der Waals surface area (Å²) in [5, 5.41) is 3.11. The molecule has 1 saturated heterocycles. The molecule has 2 rings (SSSR count). The van der Waals surface area contributed by atoms with E-state index in [4.69, 9.17) is 9.15 Å². The van der Waals surface area contributed by atoms with E-state index in [9.17, 15) is 9.59 Å². The van der Waals surface area contributed by atoms with E-state index in [-0.39, 0.29) is 35.8 Å². The maximum Gasteiger partial charge on any atom is 0.275 e. The van der Waals surface area contributed by atoms with Gasteiger partial charge >= 0.3 is 0 Å². The second-order valence-corrected chi connectivity index (χ2v) is 7.95. The molecule has 1 aromatic rings. The molecular formula is C20H33N3O4. The van der Waals surface area contributed by atoms with Crippen LogP contribution >= 0.6 is 0 Å². The second kappa shape index (κ2) is 9.88. The number of carbonyl (C=O) groups excluding carboxylic acids is 2. The summed E-state index contributed by atoms with van der Waals surface area (Å²) >= 11 is 0. The zero-order chi connectivity index (χ0) is 20.0. The van der Waals surface area contributed by atoms with Gasteiger partial charge in [0.15, 0.2) is 12.1 Å². The van der Waals surface area contributed by atoms with Crippen molar-refractivity contribution in [1.29, 1.82) is 0 Å². The monoisotopic (exact) mass is 379 g/mol. The van der Waals surface area contributed by atoms with Gasteiger partial charge in [-0.1, -0.05) is 27.7 Å². The Kier molecular flexibility index (Phi) is 7.83. The predicted molar refractivity (Wildman–Crippen MR) is 103 cm³/mol. The molecule has 2 heterocycles. The number of hydrogen-bond acceptors (Lipinski definition) is 5. The summed E-state index contributed by atoms with van der Waals surface area (Å²) in [5.74, 6) is 0.769. The van der Waals surface area contributed by atoms with Crippen LogP contribution in [0.25, 0.3) is 0 Å². The van der Waals surface area contributed by atoms with E-state index >= 15 is 0 Å². The van der Waals surface area contributed by atoms with E-state index in [2.05, 4.69) is 24.1 Å². The molecule has 0 aromatic carbocycles. The van der Waals surface area contributed by atoms with E-state index in [1.807, 2.05) is 13.8 Å². The van der Waals surface area contributed by atoms with E-state index < -0.39 is 0 Å². The maximum atomic E-state index is 12.7. The lowest BCUT2D eigenvalue weighted by Crippen LogP contribution is -2.47. The number of aromatic nitrogens is 1. The smallest absolute Gasteiger partial charge is 0.275 e. The number of carbonyl (C=O) groups is 2. The number of amides is 2. The quantitative estimate of drug-likeness (QED) is 0.751. The Morgan fingerprint density at radius 3 is 2.63 bits per heavy atom. The SMILES string of the molecule is CC(C)c1ocnc1C(=O)N(C)CCC(NC(=O)C1CCCCO1)C(C)C. The molecule has 7 nitrogen and oxygen atoms in total. The van der Waals surface area contributed by atoms with Crippen LogP contribution in [0.2, 0.25) is 0 Å². The average molecular weight is 380 g/mol. The van der Waals surface area contributed by atoms with Crippen LogP contribution in [0.5, 0.6) is 0 Å². The van der Waals surface area contributed by atoms with E-state index in [0.717, 1.165) is 19.3 Å². The maximum absolute atomic E-state index is 12.7. The van der Waals surface area contributed by atoms with Gasteiger partial charge in [0.25, 0.3) is 5.91 Å². The van der Waals surface area contributed by atoms with Crippen molar-refractivity contribution in [3.05, 3.63) is 17.8 Å². The van der Waals surface area contributed by atoms with Gasteiger partial charge in [0, 0.05) is 32.2 Å². The second-order valence-electron chi connectivity index (χ2n) is 7.95. The number of nitrogens with zero attached hydrogens (tertiary/aromatic N) is 2. The first kappa shape index (κ1) is 21.4. The normalized spacial score (nSPS) is 18.6. The first-order valence-corrected chi connectivity index (χ1v) is 9.92. The summed E-state index contributed by atoms with van der Waals surface area (Å²) in [4.78, 5) is 30.9. The highest BCUT2D eigenvalue weighted by Crippen LogP contribution is 2.20. The molecule has 2 amide bonds. The molecule has 1 aliphatic rings. The van der Waals surface area contributed by atoms with Crippen molar-refractivity contribution in [2.24, 2.45) is 5.92 Å². The fraction of sp³-hybridized carbons (Fsp3) is 0.750. The number of ether oxygens (including phenoxy) is 1. The Morgan fingerprint density at radius 2 is 2.04 bits per heavy atom. The van der Waals surface area contributed by atoms with Gasteiger partial charge in [-0.25, -0.2) is 4.98 Å². The fourth-order valence-electron chi connectivity index (χ4n) is 3.24. The van der Waals surface area contributed by atoms with Crippen LogP contribution in [0.4, 0.5) is 0 Å². The van der Waals surface area contributed by atoms with Crippen molar-refractivity contribution >= 4 is 11.8 Å². The van der Waals surface area contributed by atoms with Gasteiger partial charge in [0.05, 0.1) is 0 Å². The molecule has 1 aromatic heterocycles. The Labute approximate surface area is 161 Å². The highest BCUT2D eigenvalue weighted by molar-refractivity contribution is 5.93. The summed E-state index contributed by atoms with van der Waals surface area (Å²) in [5.41, 5.74) is 0.369. The minimum Gasteiger partial charge on any atom is -0.447 e. The van der Waals surface area contributed by atoms with Crippen molar-refractivity contribution < 1.29 is 18.7 Å². The van der Waals surface area contributed by atoms with Crippen LogP contribution < -0.4 is 5.32 Å². The van der Waals surface area contributed by atoms with Crippen LogP contribution in [-0.2, 0) is 9.53 Å².